The molecule has 5 aromatic carbocycles. The fourth-order valence-electron chi connectivity index (χ4n) is 5.00. The van der Waals surface area contributed by atoms with Crippen LogP contribution in [0.2, 0.25) is 0 Å². The van der Waals surface area contributed by atoms with Gasteiger partial charge in [-0.25, -0.2) is 0 Å². The van der Waals surface area contributed by atoms with Gasteiger partial charge in [-0.05, 0) is 52.1 Å². The molecule has 0 saturated heterocycles. The molecule has 7 rings (SSSR count). The topological polar surface area (TPSA) is 26.0 Å². The molecule has 0 fully saturated rings. The molecule has 0 saturated carbocycles. The first kappa shape index (κ1) is 14.4. The van der Waals surface area contributed by atoms with Crippen LogP contribution in [-0.2, 0) is 0 Å². The summed E-state index contributed by atoms with van der Waals surface area (Å²) in [5, 5.41) is 12.2. The number of hydrogen-bond acceptors (Lipinski definition) is 2. The smallest absolute Gasteiger partial charge is 0.143 e. The summed E-state index contributed by atoms with van der Waals surface area (Å²) >= 11 is 0. The Bertz CT molecular complexity index is 1720. The summed E-state index contributed by atoms with van der Waals surface area (Å²) in [6.07, 6.45) is 1.94. The Labute approximate surface area is 160 Å². The van der Waals surface area contributed by atoms with Crippen LogP contribution in [0.1, 0.15) is 5.76 Å². The van der Waals surface area contributed by atoms with Crippen molar-refractivity contribution in [2.75, 3.05) is 0 Å². The summed E-state index contributed by atoms with van der Waals surface area (Å²) in [4.78, 5) is 4.84. The lowest BCUT2D eigenvalue weighted by molar-refractivity contribution is 0.586. The molecule has 2 heteroatoms. The van der Waals surface area contributed by atoms with Gasteiger partial charge in [-0.3, -0.25) is 4.98 Å². The van der Waals surface area contributed by atoms with E-state index in [1.54, 1.807) is 0 Å². The molecule has 2 aromatic heterocycles. The third-order valence-corrected chi connectivity index (χ3v) is 6.16. The molecule has 28 heavy (non-hydrogen) atoms. The van der Waals surface area contributed by atoms with E-state index in [1.807, 2.05) is 6.20 Å². The van der Waals surface area contributed by atoms with Gasteiger partial charge < -0.3 is 4.42 Å². The van der Waals surface area contributed by atoms with Gasteiger partial charge in [0.05, 0.1) is 5.52 Å². The normalized spacial score (nSPS) is 12.5. The second kappa shape index (κ2) is 4.79. The highest BCUT2D eigenvalue weighted by atomic mass is 16.3. The van der Waals surface area contributed by atoms with E-state index in [-0.39, 0.29) is 0 Å². The van der Waals surface area contributed by atoms with E-state index in [0.717, 1.165) is 16.9 Å². The minimum absolute atomic E-state index is 0.971. The fourth-order valence-corrected chi connectivity index (χ4v) is 5.00. The maximum Gasteiger partial charge on any atom is 0.143 e. The summed E-state index contributed by atoms with van der Waals surface area (Å²) in [6, 6.07) is 23.8. The quantitative estimate of drug-likeness (QED) is 0.210. The summed E-state index contributed by atoms with van der Waals surface area (Å²) < 4.78 is 6.39. The number of benzene rings is 5. The summed E-state index contributed by atoms with van der Waals surface area (Å²) in [7, 11) is 0. The lowest BCUT2D eigenvalue weighted by Crippen LogP contribution is -1.89. The van der Waals surface area contributed by atoms with Crippen LogP contribution < -0.4 is 0 Å². The highest BCUT2D eigenvalue weighted by Crippen LogP contribution is 2.46. The molecule has 2 heterocycles. The van der Waals surface area contributed by atoms with Crippen LogP contribution in [-0.4, -0.2) is 4.98 Å². The first-order valence-electron chi connectivity index (χ1n) is 9.57. The Balaban J connectivity index is 1.93. The summed E-state index contributed by atoms with van der Waals surface area (Å²) in [6.45, 7) is 2.08. The van der Waals surface area contributed by atoms with Gasteiger partial charge in [0.2, 0.25) is 0 Å². The molecule has 0 aliphatic rings. The molecule has 0 spiro atoms. The monoisotopic (exact) mass is 357 g/mol. The van der Waals surface area contributed by atoms with Crippen molar-refractivity contribution in [2.24, 2.45) is 0 Å². The predicted octanol–water partition coefficient (Wildman–Crippen LogP) is 7.34. The number of pyridine rings is 1. The van der Waals surface area contributed by atoms with Crippen molar-refractivity contribution in [1.82, 2.24) is 4.98 Å². The zero-order valence-electron chi connectivity index (χ0n) is 15.3. The number of nitrogens with zero attached hydrogens (tertiary/aromatic N) is 1. The maximum absolute atomic E-state index is 6.39. The zero-order valence-corrected chi connectivity index (χ0v) is 15.3. The Hall–Kier alpha value is -3.65. The number of fused-ring (bicyclic) bond motifs is 7. The van der Waals surface area contributed by atoms with Gasteiger partial charge in [0.25, 0.3) is 0 Å². The average molecular weight is 357 g/mol. The molecule has 0 aliphatic heterocycles. The molecule has 0 atom stereocenters. The lowest BCUT2D eigenvalue weighted by atomic mass is 9.90. The van der Waals surface area contributed by atoms with Crippen molar-refractivity contribution in [3.05, 3.63) is 78.7 Å². The van der Waals surface area contributed by atoms with Gasteiger partial charge in [-0.1, -0.05) is 48.5 Å². The Morgan fingerprint density at radius 1 is 0.643 bits per heavy atom. The first-order chi connectivity index (χ1) is 13.8. The SMILES string of the molecule is Cc1oc2c3ccccc3c3ccnc4c5cc6ccccc6cc5c1c2c34. The van der Waals surface area contributed by atoms with Gasteiger partial charge in [0.15, 0.2) is 0 Å². The number of aromatic nitrogens is 1. The van der Waals surface area contributed by atoms with Gasteiger partial charge in [0.1, 0.15) is 11.3 Å². The van der Waals surface area contributed by atoms with Crippen LogP contribution in [0.15, 0.2) is 77.3 Å². The molecule has 130 valence electrons. The molecule has 0 unspecified atom stereocenters. The predicted molar refractivity (Wildman–Crippen MR) is 117 cm³/mol. The van der Waals surface area contributed by atoms with E-state index in [2.05, 4.69) is 73.7 Å². The number of rotatable bonds is 0. The standard InChI is InChI=1S/C26H15NO/c1-14-22-20-12-15-6-2-3-7-16(15)13-21(20)25-23-18(10-11-27-25)17-8-4-5-9-19(17)26(28-14)24(22)23/h2-13H,1H3. The molecular weight excluding hydrogens is 342 g/mol. The van der Waals surface area contributed by atoms with Crippen LogP contribution in [0.25, 0.3) is 65.0 Å². The average Bonchev–Trinajstić information content (AvgIpc) is 3.10. The van der Waals surface area contributed by atoms with E-state index in [1.165, 1.54) is 53.9 Å². The third-order valence-electron chi connectivity index (χ3n) is 6.16. The van der Waals surface area contributed by atoms with Gasteiger partial charge in [0, 0.05) is 33.1 Å². The van der Waals surface area contributed by atoms with Gasteiger partial charge in [-0.2, -0.15) is 0 Å². The Kier molecular flexibility index (Phi) is 2.47. The second-order valence-electron chi connectivity index (χ2n) is 7.61. The Morgan fingerprint density at radius 2 is 1.36 bits per heavy atom. The van der Waals surface area contributed by atoms with E-state index in [9.17, 15) is 0 Å². The highest BCUT2D eigenvalue weighted by Gasteiger charge is 2.22. The number of hydrogen-bond donors (Lipinski definition) is 0. The highest BCUT2D eigenvalue weighted by molar-refractivity contribution is 6.39. The molecule has 0 radical (unpaired) electrons. The van der Waals surface area contributed by atoms with E-state index >= 15 is 0 Å². The molecule has 0 aliphatic carbocycles. The third kappa shape index (κ3) is 1.58. The molecular formula is C26H15NO. The largest absolute Gasteiger partial charge is 0.460 e. The van der Waals surface area contributed by atoms with Crippen molar-refractivity contribution in [2.45, 2.75) is 6.92 Å². The van der Waals surface area contributed by atoms with Crippen molar-refractivity contribution in [1.29, 1.82) is 0 Å². The molecule has 0 amide bonds. The molecule has 0 bridgehead atoms. The number of furan rings is 1. The summed E-state index contributed by atoms with van der Waals surface area (Å²) in [5.74, 6) is 0.971. The van der Waals surface area contributed by atoms with E-state index in [4.69, 9.17) is 9.40 Å². The second-order valence-corrected chi connectivity index (χ2v) is 7.61. The zero-order chi connectivity index (χ0) is 18.4. The van der Waals surface area contributed by atoms with Gasteiger partial charge >= 0.3 is 0 Å². The lowest BCUT2D eigenvalue weighted by Gasteiger charge is -2.12. The minimum atomic E-state index is 0.971. The summed E-state index contributed by atoms with van der Waals surface area (Å²) in [5.41, 5.74) is 2.03. The Morgan fingerprint density at radius 3 is 2.18 bits per heavy atom. The molecule has 0 N–H and O–H groups in total. The molecule has 7 aromatic rings. The number of aryl methyl sites for hydroxylation is 1. The first-order valence-corrected chi connectivity index (χ1v) is 9.57. The maximum atomic E-state index is 6.39. The van der Waals surface area contributed by atoms with Crippen molar-refractivity contribution >= 4 is 65.0 Å². The van der Waals surface area contributed by atoms with E-state index in [0.29, 0.717) is 0 Å². The van der Waals surface area contributed by atoms with Crippen LogP contribution in [0.4, 0.5) is 0 Å². The van der Waals surface area contributed by atoms with Gasteiger partial charge in [-0.15, -0.1) is 0 Å². The fraction of sp³-hybridized carbons (Fsp3) is 0.0385. The van der Waals surface area contributed by atoms with Crippen LogP contribution in [0.3, 0.4) is 0 Å². The minimum Gasteiger partial charge on any atom is -0.460 e. The van der Waals surface area contributed by atoms with Crippen LogP contribution in [0.5, 0.6) is 0 Å². The van der Waals surface area contributed by atoms with Crippen molar-refractivity contribution in [3.8, 4) is 0 Å². The van der Waals surface area contributed by atoms with Crippen molar-refractivity contribution in [3.63, 3.8) is 0 Å². The van der Waals surface area contributed by atoms with Crippen molar-refractivity contribution < 1.29 is 4.42 Å². The van der Waals surface area contributed by atoms with E-state index < -0.39 is 0 Å². The molecule has 2 nitrogen and oxygen atoms in total. The van der Waals surface area contributed by atoms with Crippen LogP contribution >= 0.6 is 0 Å². The van der Waals surface area contributed by atoms with Crippen LogP contribution in [0, 0.1) is 6.92 Å².